The first-order valence-electron chi connectivity index (χ1n) is 18.2. The van der Waals surface area contributed by atoms with Gasteiger partial charge in [-0.3, -0.25) is 0 Å². The van der Waals surface area contributed by atoms with Gasteiger partial charge in [0, 0.05) is 11.1 Å². The average molecular weight is 773 g/mol. The van der Waals surface area contributed by atoms with E-state index < -0.39 is 57.7 Å². The van der Waals surface area contributed by atoms with E-state index in [1.54, 1.807) is 6.92 Å². The first-order chi connectivity index (χ1) is 26.5. The number of hydrogen-bond donors (Lipinski definition) is 0. The zero-order valence-electron chi connectivity index (χ0n) is 30.8. The van der Waals surface area contributed by atoms with Crippen molar-refractivity contribution < 1.29 is 49.3 Å². The van der Waals surface area contributed by atoms with E-state index in [1.807, 2.05) is 6.08 Å². The van der Waals surface area contributed by atoms with Crippen LogP contribution in [0.15, 0.2) is 85.5 Å². The highest BCUT2D eigenvalue weighted by molar-refractivity contribution is 5.84. The zero-order chi connectivity index (χ0) is 39.9. The van der Waals surface area contributed by atoms with Gasteiger partial charge < -0.3 is 14.2 Å². The second-order valence-corrected chi connectivity index (χ2v) is 12.9. The first kappa shape index (κ1) is 42.7. The van der Waals surface area contributed by atoms with Gasteiger partial charge in [-0.05, 0) is 118 Å². The smallest absolute Gasteiger partial charge is 0.201 e. The summed E-state index contributed by atoms with van der Waals surface area (Å²) in [6.45, 7) is 7.83. The Balaban J connectivity index is 1.10. The van der Waals surface area contributed by atoms with E-state index in [1.165, 1.54) is 61.5 Å². The molecule has 0 N–H and O–H groups in total. The summed E-state index contributed by atoms with van der Waals surface area (Å²) >= 11 is 0. The number of rotatable bonds is 21. The van der Waals surface area contributed by atoms with Crippen LogP contribution in [0.4, 0.5) is 35.1 Å². The third kappa shape index (κ3) is 11.7. The second kappa shape index (κ2) is 21.1. The maximum Gasteiger partial charge on any atom is 0.201 e. The molecule has 0 saturated carbocycles. The summed E-state index contributed by atoms with van der Waals surface area (Å²) in [5, 5.41) is 0. The zero-order valence-corrected chi connectivity index (χ0v) is 30.8. The predicted octanol–water partition coefficient (Wildman–Crippen LogP) is 13.9. The van der Waals surface area contributed by atoms with E-state index >= 15 is 0 Å². The molecular formula is C44H44F8O3. The highest BCUT2D eigenvalue weighted by Crippen LogP contribution is 2.35. The standard InChI is InChI=1S/C44H44F8O3/c1-4-29(12-8-6-10-26-54-32-19-15-30(16-20-32)38(46)41(49)34-23-14-28(3)37(45)40(34)48)13-9-7-11-27-55-33-21-17-31(18-22-33)39(47)42(50)35-24-25-36(53-5-2)44(52)43(35)51/h4,14-25,29H,1,5-13,26-27H2,2-3H3/b41-38+,42-39+. The molecule has 0 aliphatic rings. The maximum atomic E-state index is 14.8. The number of benzene rings is 4. The summed E-state index contributed by atoms with van der Waals surface area (Å²) < 4.78 is 132. The van der Waals surface area contributed by atoms with Gasteiger partial charge in [-0.2, -0.15) is 4.39 Å². The molecule has 4 rings (SSSR count). The fourth-order valence-corrected chi connectivity index (χ4v) is 5.80. The second-order valence-electron chi connectivity index (χ2n) is 12.9. The molecule has 4 aromatic carbocycles. The summed E-state index contributed by atoms with van der Waals surface area (Å²) in [4.78, 5) is 0. The molecule has 294 valence electrons. The molecule has 0 amide bonds. The molecule has 0 saturated heterocycles. The van der Waals surface area contributed by atoms with Gasteiger partial charge in [0.05, 0.1) is 30.9 Å². The van der Waals surface area contributed by atoms with Crippen molar-refractivity contribution in [1.29, 1.82) is 0 Å². The van der Waals surface area contributed by atoms with E-state index in [0.29, 0.717) is 30.6 Å². The van der Waals surface area contributed by atoms with Crippen LogP contribution in [0.5, 0.6) is 17.2 Å². The van der Waals surface area contributed by atoms with Gasteiger partial charge in [0.2, 0.25) is 5.82 Å². The van der Waals surface area contributed by atoms with Gasteiger partial charge in [-0.25, -0.2) is 30.7 Å². The van der Waals surface area contributed by atoms with Gasteiger partial charge in [-0.1, -0.05) is 37.8 Å². The number of hydrogen-bond acceptors (Lipinski definition) is 3. The van der Waals surface area contributed by atoms with Gasteiger partial charge >= 0.3 is 0 Å². The third-order valence-electron chi connectivity index (χ3n) is 9.01. The van der Waals surface area contributed by atoms with Crippen molar-refractivity contribution in [1.82, 2.24) is 0 Å². The Bertz CT molecular complexity index is 1940. The molecule has 0 heterocycles. The monoisotopic (exact) mass is 772 g/mol. The Morgan fingerprint density at radius 3 is 1.45 bits per heavy atom. The molecular weight excluding hydrogens is 728 g/mol. The summed E-state index contributed by atoms with van der Waals surface area (Å²) in [6, 6.07) is 15.4. The number of allylic oxidation sites excluding steroid dienone is 1. The average Bonchev–Trinajstić information content (AvgIpc) is 3.20. The highest BCUT2D eigenvalue weighted by atomic mass is 19.2. The lowest BCUT2D eigenvalue weighted by Crippen LogP contribution is -2.01. The lowest BCUT2D eigenvalue weighted by Gasteiger charge is -2.13. The van der Waals surface area contributed by atoms with Crippen molar-refractivity contribution in [2.75, 3.05) is 19.8 Å². The highest BCUT2D eigenvalue weighted by Gasteiger charge is 2.22. The van der Waals surface area contributed by atoms with E-state index in [4.69, 9.17) is 14.2 Å². The molecule has 0 aliphatic carbocycles. The molecule has 0 bridgehead atoms. The quantitative estimate of drug-likeness (QED) is 0.0365. The molecule has 0 radical (unpaired) electrons. The van der Waals surface area contributed by atoms with Gasteiger partial charge in [0.15, 0.2) is 46.5 Å². The molecule has 0 aromatic heterocycles. The lowest BCUT2D eigenvalue weighted by atomic mass is 9.95. The normalized spacial score (nSPS) is 12.8. The van der Waals surface area contributed by atoms with Crippen molar-refractivity contribution in [2.45, 2.75) is 65.2 Å². The first-order valence-corrected chi connectivity index (χ1v) is 18.2. The summed E-state index contributed by atoms with van der Waals surface area (Å²) in [6.07, 6.45) is 9.33. The van der Waals surface area contributed by atoms with Crippen molar-refractivity contribution >= 4 is 23.3 Å². The Kier molecular flexibility index (Phi) is 16.4. The van der Waals surface area contributed by atoms with Crippen LogP contribution in [-0.4, -0.2) is 19.8 Å². The molecule has 4 aromatic rings. The van der Waals surface area contributed by atoms with Crippen molar-refractivity contribution in [3.63, 3.8) is 0 Å². The van der Waals surface area contributed by atoms with Crippen LogP contribution in [0.25, 0.3) is 23.3 Å². The minimum Gasteiger partial charge on any atom is -0.494 e. The molecule has 0 fully saturated rings. The third-order valence-corrected chi connectivity index (χ3v) is 9.01. The largest absolute Gasteiger partial charge is 0.494 e. The maximum absolute atomic E-state index is 14.8. The molecule has 11 heteroatoms. The van der Waals surface area contributed by atoms with Gasteiger partial charge in [0.25, 0.3) is 0 Å². The van der Waals surface area contributed by atoms with Crippen LogP contribution < -0.4 is 14.2 Å². The summed E-state index contributed by atoms with van der Waals surface area (Å²) in [5.41, 5.74) is -1.89. The topological polar surface area (TPSA) is 27.7 Å². The van der Waals surface area contributed by atoms with Crippen LogP contribution in [0.3, 0.4) is 0 Å². The van der Waals surface area contributed by atoms with Crippen LogP contribution >= 0.6 is 0 Å². The predicted molar refractivity (Wildman–Crippen MR) is 201 cm³/mol. The molecule has 1 atom stereocenters. The number of aryl methyl sites for hydroxylation is 1. The van der Waals surface area contributed by atoms with E-state index in [-0.39, 0.29) is 29.0 Å². The Morgan fingerprint density at radius 2 is 1.00 bits per heavy atom. The molecule has 0 aliphatic heterocycles. The van der Waals surface area contributed by atoms with E-state index in [9.17, 15) is 35.1 Å². The Morgan fingerprint density at radius 1 is 0.545 bits per heavy atom. The van der Waals surface area contributed by atoms with Gasteiger partial charge in [0.1, 0.15) is 11.5 Å². The number of ether oxygens (including phenoxy) is 3. The summed E-state index contributed by atoms with van der Waals surface area (Å²) in [7, 11) is 0. The summed E-state index contributed by atoms with van der Waals surface area (Å²) in [5.74, 6) is -10.3. The lowest BCUT2D eigenvalue weighted by molar-refractivity contribution is 0.299. The van der Waals surface area contributed by atoms with Crippen molar-refractivity contribution in [3.05, 3.63) is 137 Å². The number of halogens is 8. The molecule has 0 spiro atoms. The SMILES string of the molecule is C=CC(CCCCCOc1ccc(/C(F)=C(\F)c2ccc(C)c(F)c2F)cc1)CCCCCOc1ccc(/C(F)=C(\F)c2ccc(OCC)c(F)c2F)cc1. The Hall–Kier alpha value is -5.06. The van der Waals surface area contributed by atoms with Crippen LogP contribution in [0.2, 0.25) is 0 Å². The fourth-order valence-electron chi connectivity index (χ4n) is 5.80. The molecule has 1 unspecified atom stereocenters. The molecule has 3 nitrogen and oxygen atoms in total. The van der Waals surface area contributed by atoms with Crippen molar-refractivity contribution in [2.24, 2.45) is 5.92 Å². The minimum atomic E-state index is -1.53. The van der Waals surface area contributed by atoms with Crippen LogP contribution in [0.1, 0.15) is 86.1 Å². The minimum absolute atomic E-state index is 0.00708. The van der Waals surface area contributed by atoms with E-state index in [2.05, 4.69) is 6.58 Å². The van der Waals surface area contributed by atoms with E-state index in [0.717, 1.165) is 69.6 Å². The van der Waals surface area contributed by atoms with Crippen molar-refractivity contribution in [3.8, 4) is 17.2 Å². The van der Waals surface area contributed by atoms with Crippen LogP contribution in [0, 0.1) is 36.1 Å². The van der Waals surface area contributed by atoms with Gasteiger partial charge in [-0.15, -0.1) is 6.58 Å². The fraction of sp³-hybridized carbons (Fsp3) is 0.318. The number of unbranched alkanes of at least 4 members (excludes halogenated alkanes) is 4. The molecule has 55 heavy (non-hydrogen) atoms. The van der Waals surface area contributed by atoms with Crippen LogP contribution in [-0.2, 0) is 0 Å². The Labute approximate surface area is 316 Å².